The maximum Gasteiger partial charge on any atom is 0.321 e. The van der Waals surface area contributed by atoms with E-state index in [1.54, 1.807) is 4.90 Å². The number of furan rings is 1. The molecule has 0 saturated carbocycles. The van der Waals surface area contributed by atoms with Crippen molar-refractivity contribution >= 4 is 33.7 Å². The van der Waals surface area contributed by atoms with Gasteiger partial charge >= 0.3 is 6.03 Å². The van der Waals surface area contributed by atoms with Gasteiger partial charge in [0.05, 0.1) is 0 Å². The minimum atomic E-state index is -0.128. The van der Waals surface area contributed by atoms with Gasteiger partial charge in [-0.25, -0.2) is 4.79 Å². The van der Waals surface area contributed by atoms with Crippen molar-refractivity contribution in [1.29, 1.82) is 0 Å². The summed E-state index contributed by atoms with van der Waals surface area (Å²) in [6, 6.07) is 13.5. The summed E-state index contributed by atoms with van der Waals surface area (Å²) in [5.41, 5.74) is 2.32. The Balaban J connectivity index is 1.57. The van der Waals surface area contributed by atoms with Crippen LogP contribution in [0.4, 0.5) is 10.5 Å². The van der Waals surface area contributed by atoms with Gasteiger partial charge in [-0.15, -0.1) is 0 Å². The Hall–Kier alpha value is -2.53. The molecule has 5 nitrogen and oxygen atoms in total. The van der Waals surface area contributed by atoms with Crippen LogP contribution in [-0.4, -0.2) is 35.7 Å². The molecular formula is C18H18N2O3. The molecule has 0 aliphatic carbocycles. The number of benzene rings is 2. The van der Waals surface area contributed by atoms with Crippen LogP contribution in [0.25, 0.3) is 21.9 Å². The van der Waals surface area contributed by atoms with Crippen molar-refractivity contribution in [3.63, 3.8) is 0 Å². The number of likely N-dealkylation sites (tertiary alicyclic amines) is 1. The number of hydrogen-bond acceptors (Lipinski definition) is 3. The third kappa shape index (κ3) is 2.53. The van der Waals surface area contributed by atoms with Gasteiger partial charge in [0.25, 0.3) is 0 Å². The number of urea groups is 1. The molecule has 23 heavy (non-hydrogen) atoms. The first-order chi connectivity index (χ1) is 11.2. The topological polar surface area (TPSA) is 65.7 Å². The molecular weight excluding hydrogens is 292 g/mol. The summed E-state index contributed by atoms with van der Waals surface area (Å²) in [5, 5.41) is 14.2. The molecule has 1 saturated heterocycles. The standard InChI is InChI=1S/C18H18N2O3/c21-11-12-7-8-20(10-12)18(22)19-13-5-6-15-14-3-1-2-4-16(14)23-17(15)9-13/h1-6,9,12,21H,7-8,10-11H2,(H,19,22). The van der Waals surface area contributed by atoms with Crippen molar-refractivity contribution in [2.24, 2.45) is 5.92 Å². The zero-order valence-electron chi connectivity index (χ0n) is 12.7. The van der Waals surface area contributed by atoms with E-state index in [1.807, 2.05) is 42.5 Å². The Kier molecular flexibility index (Phi) is 3.42. The number of aliphatic hydroxyl groups excluding tert-OH is 1. The van der Waals surface area contributed by atoms with Crippen molar-refractivity contribution in [2.45, 2.75) is 6.42 Å². The van der Waals surface area contributed by atoms with Crippen LogP contribution in [0.2, 0.25) is 0 Å². The highest BCUT2D eigenvalue weighted by Gasteiger charge is 2.25. The van der Waals surface area contributed by atoms with Crippen LogP contribution in [0.5, 0.6) is 0 Å². The van der Waals surface area contributed by atoms with Crippen molar-refractivity contribution in [3.05, 3.63) is 42.5 Å². The lowest BCUT2D eigenvalue weighted by Gasteiger charge is -2.17. The Labute approximate surface area is 133 Å². The number of nitrogens with one attached hydrogen (secondary N) is 1. The van der Waals surface area contributed by atoms with E-state index in [4.69, 9.17) is 4.42 Å². The van der Waals surface area contributed by atoms with Crippen LogP contribution < -0.4 is 5.32 Å². The number of carbonyl (C=O) groups excluding carboxylic acids is 1. The molecule has 0 bridgehead atoms. The van der Waals surface area contributed by atoms with E-state index in [0.29, 0.717) is 18.8 Å². The average Bonchev–Trinajstić information content (AvgIpc) is 3.18. The summed E-state index contributed by atoms with van der Waals surface area (Å²) in [6.07, 6.45) is 0.854. The van der Waals surface area contributed by atoms with Gasteiger partial charge in [0.2, 0.25) is 0 Å². The molecule has 1 aliphatic heterocycles. The molecule has 2 amide bonds. The van der Waals surface area contributed by atoms with E-state index in [-0.39, 0.29) is 18.6 Å². The number of hydrogen-bond donors (Lipinski definition) is 2. The Morgan fingerprint density at radius 1 is 1.22 bits per heavy atom. The lowest BCUT2D eigenvalue weighted by Crippen LogP contribution is -2.33. The quantitative estimate of drug-likeness (QED) is 0.762. The fourth-order valence-corrected chi connectivity index (χ4v) is 3.17. The second kappa shape index (κ2) is 5.59. The molecule has 4 rings (SSSR count). The summed E-state index contributed by atoms with van der Waals surface area (Å²) in [5.74, 6) is 0.193. The zero-order valence-corrected chi connectivity index (χ0v) is 12.7. The number of rotatable bonds is 2. The lowest BCUT2D eigenvalue weighted by atomic mass is 10.1. The van der Waals surface area contributed by atoms with Crippen LogP contribution in [0.1, 0.15) is 6.42 Å². The molecule has 118 valence electrons. The van der Waals surface area contributed by atoms with E-state index < -0.39 is 0 Å². The molecule has 5 heteroatoms. The Morgan fingerprint density at radius 2 is 2.04 bits per heavy atom. The SMILES string of the molecule is O=C(Nc1ccc2c(c1)oc1ccccc12)N1CCC(CO)C1. The van der Waals surface area contributed by atoms with E-state index in [9.17, 15) is 9.90 Å². The number of para-hydroxylation sites is 1. The minimum absolute atomic E-state index is 0.128. The van der Waals surface area contributed by atoms with Crippen molar-refractivity contribution in [2.75, 3.05) is 25.0 Å². The molecule has 0 radical (unpaired) electrons. The molecule has 2 heterocycles. The lowest BCUT2D eigenvalue weighted by molar-refractivity contribution is 0.209. The number of carbonyl (C=O) groups is 1. The smallest absolute Gasteiger partial charge is 0.321 e. The second-order valence-corrected chi connectivity index (χ2v) is 6.02. The van der Waals surface area contributed by atoms with E-state index in [2.05, 4.69) is 5.32 Å². The molecule has 1 aromatic heterocycles. The number of aliphatic hydroxyl groups is 1. The predicted octanol–water partition coefficient (Wildman–Crippen LogP) is 3.43. The summed E-state index contributed by atoms with van der Waals surface area (Å²) < 4.78 is 5.84. The third-order valence-corrected chi connectivity index (χ3v) is 4.46. The molecule has 2 aromatic carbocycles. The van der Waals surface area contributed by atoms with Crippen LogP contribution in [0.15, 0.2) is 46.9 Å². The average molecular weight is 310 g/mol. The highest BCUT2D eigenvalue weighted by molar-refractivity contribution is 6.06. The third-order valence-electron chi connectivity index (χ3n) is 4.46. The Morgan fingerprint density at radius 3 is 2.87 bits per heavy atom. The first kappa shape index (κ1) is 14.1. The van der Waals surface area contributed by atoms with Crippen molar-refractivity contribution < 1.29 is 14.3 Å². The molecule has 2 N–H and O–H groups in total. The van der Waals surface area contributed by atoms with Gasteiger partial charge in [0.1, 0.15) is 11.2 Å². The fraction of sp³-hybridized carbons (Fsp3) is 0.278. The van der Waals surface area contributed by atoms with Crippen LogP contribution in [0, 0.1) is 5.92 Å². The number of amides is 2. The maximum atomic E-state index is 12.3. The molecule has 0 spiro atoms. The summed E-state index contributed by atoms with van der Waals surface area (Å²) >= 11 is 0. The highest BCUT2D eigenvalue weighted by Crippen LogP contribution is 2.30. The van der Waals surface area contributed by atoms with Gasteiger partial charge < -0.3 is 19.7 Å². The largest absolute Gasteiger partial charge is 0.456 e. The van der Waals surface area contributed by atoms with Crippen molar-refractivity contribution in [3.8, 4) is 0 Å². The highest BCUT2D eigenvalue weighted by atomic mass is 16.3. The van der Waals surface area contributed by atoms with Gasteiger partial charge in [-0.1, -0.05) is 18.2 Å². The van der Waals surface area contributed by atoms with Crippen molar-refractivity contribution in [1.82, 2.24) is 4.90 Å². The first-order valence-electron chi connectivity index (χ1n) is 7.82. The molecule has 1 unspecified atom stereocenters. The summed E-state index contributed by atoms with van der Waals surface area (Å²) in [7, 11) is 0. The van der Waals surface area contributed by atoms with Gasteiger partial charge in [0, 0.05) is 48.1 Å². The minimum Gasteiger partial charge on any atom is -0.456 e. The monoisotopic (exact) mass is 310 g/mol. The Bertz CT molecular complexity index is 871. The van der Waals surface area contributed by atoms with Gasteiger partial charge in [-0.05, 0) is 24.6 Å². The van der Waals surface area contributed by atoms with Crippen LogP contribution in [-0.2, 0) is 0 Å². The van der Waals surface area contributed by atoms with Gasteiger partial charge in [-0.2, -0.15) is 0 Å². The van der Waals surface area contributed by atoms with Gasteiger partial charge in [0.15, 0.2) is 0 Å². The number of fused-ring (bicyclic) bond motifs is 3. The molecule has 1 aliphatic rings. The molecule has 1 fully saturated rings. The number of nitrogens with zero attached hydrogens (tertiary/aromatic N) is 1. The first-order valence-corrected chi connectivity index (χ1v) is 7.82. The molecule has 1 atom stereocenters. The van der Waals surface area contributed by atoms with Crippen LogP contribution in [0.3, 0.4) is 0 Å². The fourth-order valence-electron chi connectivity index (χ4n) is 3.17. The second-order valence-electron chi connectivity index (χ2n) is 6.02. The zero-order chi connectivity index (χ0) is 15.8. The summed E-state index contributed by atoms with van der Waals surface area (Å²) in [4.78, 5) is 14.0. The van der Waals surface area contributed by atoms with Crippen LogP contribution >= 0.6 is 0 Å². The van der Waals surface area contributed by atoms with E-state index >= 15 is 0 Å². The van der Waals surface area contributed by atoms with Gasteiger partial charge in [-0.3, -0.25) is 0 Å². The number of anilines is 1. The normalized spacial score (nSPS) is 18.0. The van der Waals surface area contributed by atoms with E-state index in [0.717, 1.165) is 28.4 Å². The predicted molar refractivity (Wildman–Crippen MR) is 89.5 cm³/mol. The molecule has 3 aromatic rings. The maximum absolute atomic E-state index is 12.3. The summed E-state index contributed by atoms with van der Waals surface area (Å²) in [6.45, 7) is 1.42. The van der Waals surface area contributed by atoms with E-state index in [1.165, 1.54) is 0 Å².